The zero-order valence-corrected chi connectivity index (χ0v) is 13.2. The molecule has 2 heterocycles. The lowest BCUT2D eigenvalue weighted by atomic mass is 10.0. The van der Waals surface area contributed by atoms with Crippen LogP contribution in [0.2, 0.25) is 5.15 Å². The van der Waals surface area contributed by atoms with Crippen LogP contribution in [0.4, 0.5) is 0 Å². The molecular weight excluding hydrogens is 274 g/mol. The van der Waals surface area contributed by atoms with Crippen molar-refractivity contribution in [3.63, 3.8) is 0 Å². The van der Waals surface area contributed by atoms with Crippen LogP contribution in [0.15, 0.2) is 6.08 Å². The lowest BCUT2D eigenvalue weighted by Crippen LogP contribution is -2.30. The zero-order chi connectivity index (χ0) is 14.7. The summed E-state index contributed by atoms with van der Waals surface area (Å²) in [5.74, 6) is 0.783. The summed E-state index contributed by atoms with van der Waals surface area (Å²) in [5, 5.41) is 4.80. The minimum absolute atomic E-state index is 0.0680. The summed E-state index contributed by atoms with van der Waals surface area (Å²) in [6.07, 6.45) is 6.79. The van der Waals surface area contributed by atoms with E-state index >= 15 is 0 Å². The molecule has 2 rings (SSSR count). The number of nitrogens with zero attached hydrogens (tertiary/aromatic N) is 3. The normalized spacial score (nSPS) is 20.4. The number of likely N-dealkylation sites (tertiary alicyclic amines) is 1. The first-order valence-electron chi connectivity index (χ1n) is 7.15. The number of carbonyl (C=O) groups excluding carboxylic acids is 1. The topological polar surface area (TPSA) is 38.1 Å². The van der Waals surface area contributed by atoms with Gasteiger partial charge in [-0.25, -0.2) is 0 Å². The maximum atomic E-state index is 12.2. The summed E-state index contributed by atoms with van der Waals surface area (Å²) in [7, 11) is 1.80. The van der Waals surface area contributed by atoms with E-state index in [0.29, 0.717) is 11.1 Å². The summed E-state index contributed by atoms with van der Waals surface area (Å²) >= 11 is 6.15. The van der Waals surface area contributed by atoms with Crippen molar-refractivity contribution < 1.29 is 4.79 Å². The largest absolute Gasteiger partial charge is 0.339 e. The van der Waals surface area contributed by atoms with E-state index in [1.165, 1.54) is 6.42 Å². The molecule has 1 aliphatic heterocycles. The third-order valence-electron chi connectivity index (χ3n) is 3.92. The summed E-state index contributed by atoms with van der Waals surface area (Å²) in [5.41, 5.74) is 1.66. The predicted octanol–water partition coefficient (Wildman–Crippen LogP) is 3.04. The molecule has 0 aromatic carbocycles. The number of amides is 1. The fraction of sp³-hybridized carbons (Fsp3) is 0.600. The predicted molar refractivity (Wildman–Crippen MR) is 81.6 cm³/mol. The van der Waals surface area contributed by atoms with Gasteiger partial charge in [0.15, 0.2) is 0 Å². The van der Waals surface area contributed by atoms with Gasteiger partial charge in [-0.2, -0.15) is 5.10 Å². The van der Waals surface area contributed by atoms with E-state index < -0.39 is 0 Å². The highest BCUT2D eigenvalue weighted by atomic mass is 35.5. The number of hydrogen-bond acceptors (Lipinski definition) is 2. The minimum atomic E-state index is 0.0680. The molecule has 0 N–H and O–H groups in total. The molecule has 1 unspecified atom stereocenters. The van der Waals surface area contributed by atoms with Crippen molar-refractivity contribution in [2.75, 3.05) is 13.1 Å². The van der Waals surface area contributed by atoms with E-state index in [-0.39, 0.29) is 5.91 Å². The highest BCUT2D eigenvalue weighted by Crippen LogP contribution is 2.21. The van der Waals surface area contributed by atoms with E-state index in [0.717, 1.165) is 37.2 Å². The lowest BCUT2D eigenvalue weighted by molar-refractivity contribution is -0.125. The summed E-state index contributed by atoms with van der Waals surface area (Å²) in [6, 6.07) is 0. The van der Waals surface area contributed by atoms with Crippen LogP contribution in [0.5, 0.6) is 0 Å². The molecule has 0 radical (unpaired) electrons. The van der Waals surface area contributed by atoms with Crippen molar-refractivity contribution in [2.45, 2.75) is 33.1 Å². The molecule has 5 heteroatoms. The molecule has 1 fully saturated rings. The van der Waals surface area contributed by atoms with Crippen LogP contribution in [-0.2, 0) is 11.8 Å². The molecule has 1 saturated heterocycles. The maximum absolute atomic E-state index is 12.2. The van der Waals surface area contributed by atoms with Gasteiger partial charge >= 0.3 is 0 Å². The molecule has 1 aromatic heterocycles. The third-order valence-corrected chi connectivity index (χ3v) is 4.37. The number of carbonyl (C=O) groups is 1. The average Bonchev–Trinajstić information content (AvgIpc) is 2.59. The van der Waals surface area contributed by atoms with Crippen LogP contribution in [0.25, 0.3) is 6.08 Å². The molecule has 1 aliphatic rings. The molecule has 0 spiro atoms. The van der Waals surface area contributed by atoms with Crippen molar-refractivity contribution in [3.05, 3.63) is 22.5 Å². The van der Waals surface area contributed by atoms with Crippen molar-refractivity contribution in [3.8, 4) is 0 Å². The van der Waals surface area contributed by atoms with Crippen LogP contribution in [0.1, 0.15) is 37.4 Å². The summed E-state index contributed by atoms with van der Waals surface area (Å²) < 4.78 is 1.62. The molecule has 0 bridgehead atoms. The SMILES string of the molecule is Cc1nn(C)c(Cl)c1C=CC(=O)N1CCCC(C)CC1. The number of rotatable bonds is 2. The highest BCUT2D eigenvalue weighted by Gasteiger charge is 2.17. The second-order valence-corrected chi connectivity index (χ2v) is 5.97. The fourth-order valence-corrected chi connectivity index (χ4v) is 2.82. The van der Waals surface area contributed by atoms with Gasteiger partial charge < -0.3 is 4.90 Å². The van der Waals surface area contributed by atoms with Crippen LogP contribution < -0.4 is 0 Å². The van der Waals surface area contributed by atoms with Crippen LogP contribution in [0, 0.1) is 12.8 Å². The van der Waals surface area contributed by atoms with Gasteiger partial charge in [0.05, 0.1) is 5.69 Å². The van der Waals surface area contributed by atoms with E-state index in [9.17, 15) is 4.79 Å². The molecule has 1 atom stereocenters. The van der Waals surface area contributed by atoms with Crippen LogP contribution >= 0.6 is 11.6 Å². The molecule has 110 valence electrons. The third kappa shape index (κ3) is 3.42. The smallest absolute Gasteiger partial charge is 0.246 e. The standard InChI is InChI=1S/C15H22ClN3O/c1-11-5-4-9-19(10-8-11)14(20)7-6-13-12(2)17-18(3)15(13)16/h6-7,11H,4-5,8-10H2,1-3H3. The van der Waals surface area contributed by atoms with Gasteiger partial charge in [0, 0.05) is 31.8 Å². The van der Waals surface area contributed by atoms with E-state index in [1.54, 1.807) is 23.9 Å². The maximum Gasteiger partial charge on any atom is 0.246 e. The van der Waals surface area contributed by atoms with Crippen molar-refractivity contribution in [1.82, 2.24) is 14.7 Å². The van der Waals surface area contributed by atoms with Crippen LogP contribution in [-0.4, -0.2) is 33.7 Å². The Morgan fingerprint density at radius 3 is 2.80 bits per heavy atom. The first-order valence-corrected chi connectivity index (χ1v) is 7.53. The minimum Gasteiger partial charge on any atom is -0.339 e. The number of halogens is 1. The number of aromatic nitrogens is 2. The Balaban J connectivity index is 2.05. The van der Waals surface area contributed by atoms with Crippen molar-refractivity contribution in [2.24, 2.45) is 13.0 Å². The molecule has 20 heavy (non-hydrogen) atoms. The van der Waals surface area contributed by atoms with Gasteiger partial charge in [-0.15, -0.1) is 0 Å². The quantitative estimate of drug-likeness (QED) is 0.787. The Labute approximate surface area is 125 Å². The van der Waals surface area contributed by atoms with E-state index in [2.05, 4.69) is 12.0 Å². The second-order valence-electron chi connectivity index (χ2n) is 5.61. The Hall–Kier alpha value is -1.29. The van der Waals surface area contributed by atoms with Crippen molar-refractivity contribution in [1.29, 1.82) is 0 Å². The molecule has 1 amide bonds. The Kier molecular flexibility index (Phi) is 4.86. The molecule has 4 nitrogen and oxygen atoms in total. The van der Waals surface area contributed by atoms with Gasteiger partial charge in [-0.3, -0.25) is 9.48 Å². The van der Waals surface area contributed by atoms with Gasteiger partial charge in [0.2, 0.25) is 5.91 Å². The lowest BCUT2D eigenvalue weighted by Gasteiger charge is -2.18. The first-order chi connectivity index (χ1) is 9.49. The Bertz CT molecular complexity index is 521. The monoisotopic (exact) mass is 295 g/mol. The molecule has 1 aromatic rings. The first kappa shape index (κ1) is 15.1. The van der Waals surface area contributed by atoms with Gasteiger partial charge in [0.25, 0.3) is 0 Å². The van der Waals surface area contributed by atoms with Gasteiger partial charge in [-0.1, -0.05) is 18.5 Å². The number of hydrogen-bond donors (Lipinski definition) is 0. The Morgan fingerprint density at radius 2 is 2.15 bits per heavy atom. The molecular formula is C15H22ClN3O. The van der Waals surface area contributed by atoms with Crippen molar-refractivity contribution >= 4 is 23.6 Å². The second kappa shape index (κ2) is 6.44. The fourth-order valence-electron chi connectivity index (χ4n) is 2.58. The highest BCUT2D eigenvalue weighted by molar-refractivity contribution is 6.31. The Morgan fingerprint density at radius 1 is 1.40 bits per heavy atom. The zero-order valence-electron chi connectivity index (χ0n) is 12.4. The van der Waals surface area contributed by atoms with Crippen LogP contribution in [0.3, 0.4) is 0 Å². The van der Waals surface area contributed by atoms with E-state index in [4.69, 9.17) is 11.6 Å². The van der Waals surface area contributed by atoms with E-state index in [1.807, 2.05) is 11.8 Å². The molecule has 0 saturated carbocycles. The average molecular weight is 296 g/mol. The van der Waals surface area contributed by atoms with Gasteiger partial charge in [0.1, 0.15) is 5.15 Å². The molecule has 0 aliphatic carbocycles. The summed E-state index contributed by atoms with van der Waals surface area (Å²) in [4.78, 5) is 14.2. The number of aryl methyl sites for hydroxylation is 2. The summed E-state index contributed by atoms with van der Waals surface area (Å²) in [6.45, 7) is 5.85. The van der Waals surface area contributed by atoms with Gasteiger partial charge in [-0.05, 0) is 38.2 Å².